The van der Waals surface area contributed by atoms with Crippen LogP contribution in [0.4, 0.5) is 5.82 Å². The van der Waals surface area contributed by atoms with Gasteiger partial charge in [0.05, 0.1) is 5.69 Å². The molecule has 146 valence electrons. The summed E-state index contributed by atoms with van der Waals surface area (Å²) in [6, 6.07) is 8.50. The Morgan fingerprint density at radius 3 is 2.89 bits per heavy atom. The van der Waals surface area contributed by atoms with Gasteiger partial charge in [-0.05, 0) is 37.8 Å². The van der Waals surface area contributed by atoms with Crippen molar-refractivity contribution in [1.82, 2.24) is 14.9 Å². The number of rotatable bonds is 2. The highest BCUT2D eigenvalue weighted by Crippen LogP contribution is 2.33. The Kier molecular flexibility index (Phi) is 4.41. The van der Waals surface area contributed by atoms with Crippen molar-refractivity contribution >= 4 is 11.7 Å². The van der Waals surface area contributed by atoms with E-state index in [4.69, 9.17) is 14.7 Å². The molecule has 3 aliphatic heterocycles. The van der Waals surface area contributed by atoms with Crippen molar-refractivity contribution < 1.29 is 9.53 Å². The SMILES string of the molecule is Cc1nc2c(c(N3CCC[C@@H](N4CCCC4=O)C3)n1)Cc1ccccc1OC2. The molecule has 0 aliphatic carbocycles. The molecular weight excluding hydrogens is 352 g/mol. The molecule has 3 aliphatic rings. The molecule has 0 saturated carbocycles. The molecule has 2 saturated heterocycles. The van der Waals surface area contributed by atoms with Gasteiger partial charge >= 0.3 is 0 Å². The van der Waals surface area contributed by atoms with Gasteiger partial charge in [-0.15, -0.1) is 0 Å². The molecule has 28 heavy (non-hydrogen) atoms. The number of likely N-dealkylation sites (tertiary alicyclic amines) is 1. The number of nitrogens with zero attached hydrogens (tertiary/aromatic N) is 4. The Bertz CT molecular complexity index is 913. The number of amides is 1. The largest absolute Gasteiger partial charge is 0.487 e. The van der Waals surface area contributed by atoms with Crippen LogP contribution in [0, 0.1) is 6.92 Å². The van der Waals surface area contributed by atoms with Gasteiger partial charge in [-0.2, -0.15) is 0 Å². The molecule has 2 fully saturated rings. The molecule has 0 unspecified atom stereocenters. The fraction of sp³-hybridized carbons (Fsp3) is 0.500. The van der Waals surface area contributed by atoms with E-state index in [0.29, 0.717) is 25.0 Å². The third-order valence-electron chi connectivity index (χ3n) is 6.13. The van der Waals surface area contributed by atoms with Gasteiger partial charge in [-0.25, -0.2) is 9.97 Å². The lowest BCUT2D eigenvalue weighted by molar-refractivity contribution is -0.129. The van der Waals surface area contributed by atoms with E-state index in [1.54, 1.807) is 0 Å². The maximum Gasteiger partial charge on any atom is 0.222 e. The molecule has 0 bridgehead atoms. The fourth-order valence-electron chi connectivity index (χ4n) is 4.78. The van der Waals surface area contributed by atoms with Crippen molar-refractivity contribution in [2.45, 2.75) is 51.7 Å². The number of hydrogen-bond donors (Lipinski definition) is 0. The van der Waals surface area contributed by atoms with E-state index in [-0.39, 0.29) is 0 Å². The molecule has 0 N–H and O–H groups in total. The number of aromatic nitrogens is 2. The summed E-state index contributed by atoms with van der Waals surface area (Å²) in [5.74, 6) is 3.05. The smallest absolute Gasteiger partial charge is 0.222 e. The van der Waals surface area contributed by atoms with Gasteiger partial charge in [0.25, 0.3) is 0 Å². The van der Waals surface area contributed by atoms with Gasteiger partial charge in [0.1, 0.15) is 24.0 Å². The van der Waals surface area contributed by atoms with E-state index in [2.05, 4.69) is 21.9 Å². The van der Waals surface area contributed by atoms with Crippen LogP contribution in [0.2, 0.25) is 0 Å². The summed E-state index contributed by atoms with van der Waals surface area (Å²) >= 11 is 0. The molecule has 1 atom stereocenters. The summed E-state index contributed by atoms with van der Waals surface area (Å²) in [6.45, 7) is 5.17. The normalized spacial score (nSPS) is 21.8. The van der Waals surface area contributed by atoms with Crippen molar-refractivity contribution in [2.24, 2.45) is 0 Å². The van der Waals surface area contributed by atoms with Crippen LogP contribution in [0.5, 0.6) is 5.75 Å². The van der Waals surface area contributed by atoms with E-state index in [9.17, 15) is 4.79 Å². The van der Waals surface area contributed by atoms with Crippen LogP contribution >= 0.6 is 0 Å². The lowest BCUT2D eigenvalue weighted by Gasteiger charge is -2.39. The van der Waals surface area contributed by atoms with E-state index in [1.165, 1.54) is 11.1 Å². The summed E-state index contributed by atoms with van der Waals surface area (Å²) in [5, 5.41) is 0. The Morgan fingerprint density at radius 1 is 1.14 bits per heavy atom. The first-order chi connectivity index (χ1) is 13.7. The Morgan fingerprint density at radius 2 is 2.04 bits per heavy atom. The van der Waals surface area contributed by atoms with Crippen LogP contribution in [-0.4, -0.2) is 46.5 Å². The topological polar surface area (TPSA) is 58.6 Å². The zero-order chi connectivity index (χ0) is 19.1. The van der Waals surface area contributed by atoms with Crippen molar-refractivity contribution in [3.63, 3.8) is 0 Å². The quantitative estimate of drug-likeness (QED) is 0.804. The van der Waals surface area contributed by atoms with Crippen molar-refractivity contribution in [1.29, 1.82) is 0 Å². The number of hydrogen-bond acceptors (Lipinski definition) is 5. The first-order valence-corrected chi connectivity index (χ1v) is 10.3. The van der Waals surface area contributed by atoms with Crippen molar-refractivity contribution in [3.8, 4) is 5.75 Å². The highest BCUT2D eigenvalue weighted by atomic mass is 16.5. The predicted molar refractivity (Wildman–Crippen MR) is 107 cm³/mol. The summed E-state index contributed by atoms with van der Waals surface area (Å²) in [4.78, 5) is 26.3. The van der Waals surface area contributed by atoms with Gasteiger partial charge in [0, 0.05) is 44.1 Å². The Balaban J connectivity index is 1.49. The highest BCUT2D eigenvalue weighted by Gasteiger charge is 2.33. The van der Waals surface area contributed by atoms with E-state index in [0.717, 1.165) is 68.4 Å². The summed E-state index contributed by atoms with van der Waals surface area (Å²) < 4.78 is 6.03. The summed E-state index contributed by atoms with van der Waals surface area (Å²) in [7, 11) is 0. The molecule has 6 nitrogen and oxygen atoms in total. The number of ether oxygens (including phenoxy) is 1. The standard InChI is InChI=1S/C22H26N4O2/c1-15-23-19-14-28-20-8-3-2-6-16(20)12-18(19)22(24-15)25-10-4-7-17(13-25)26-11-5-9-21(26)27/h2-3,6,8,17H,4-5,7,9-14H2,1H3/t17-/m1/s1. The number of anilines is 1. The number of piperidine rings is 1. The Labute approximate surface area is 165 Å². The lowest BCUT2D eigenvalue weighted by atomic mass is 10.0. The minimum atomic E-state index is 0.295. The number of carbonyl (C=O) groups is 1. The van der Waals surface area contributed by atoms with Crippen LogP contribution < -0.4 is 9.64 Å². The molecule has 0 spiro atoms. The first kappa shape index (κ1) is 17.5. The zero-order valence-corrected chi connectivity index (χ0v) is 16.4. The average molecular weight is 378 g/mol. The van der Waals surface area contributed by atoms with Crippen LogP contribution in [0.25, 0.3) is 0 Å². The van der Waals surface area contributed by atoms with Crippen molar-refractivity contribution in [2.75, 3.05) is 24.5 Å². The second kappa shape index (κ2) is 7.08. The maximum absolute atomic E-state index is 12.3. The van der Waals surface area contributed by atoms with Crippen LogP contribution in [0.1, 0.15) is 48.3 Å². The molecule has 0 radical (unpaired) electrons. The van der Waals surface area contributed by atoms with Crippen LogP contribution in [0.15, 0.2) is 24.3 Å². The second-order valence-electron chi connectivity index (χ2n) is 8.03. The third-order valence-corrected chi connectivity index (χ3v) is 6.13. The van der Waals surface area contributed by atoms with E-state index in [1.807, 2.05) is 19.1 Å². The first-order valence-electron chi connectivity index (χ1n) is 10.3. The van der Waals surface area contributed by atoms with Crippen molar-refractivity contribution in [3.05, 3.63) is 46.9 Å². The summed E-state index contributed by atoms with van der Waals surface area (Å²) in [5.41, 5.74) is 3.33. The molecule has 6 heteroatoms. The van der Waals surface area contributed by atoms with Gasteiger partial charge in [-0.1, -0.05) is 18.2 Å². The minimum Gasteiger partial charge on any atom is -0.487 e. The monoisotopic (exact) mass is 378 g/mol. The second-order valence-corrected chi connectivity index (χ2v) is 8.03. The summed E-state index contributed by atoms with van der Waals surface area (Å²) in [6.07, 6.45) is 4.64. The van der Waals surface area contributed by atoms with Gasteiger partial charge in [0.2, 0.25) is 5.91 Å². The zero-order valence-electron chi connectivity index (χ0n) is 16.4. The number of benzene rings is 1. The van der Waals surface area contributed by atoms with Gasteiger partial charge in [0.15, 0.2) is 0 Å². The molecule has 4 heterocycles. The van der Waals surface area contributed by atoms with Gasteiger partial charge in [-0.3, -0.25) is 4.79 Å². The molecule has 1 aromatic carbocycles. The minimum absolute atomic E-state index is 0.295. The number of carbonyl (C=O) groups excluding carboxylic acids is 1. The number of para-hydroxylation sites is 1. The van der Waals surface area contributed by atoms with Gasteiger partial charge < -0.3 is 14.5 Å². The van der Waals surface area contributed by atoms with Crippen LogP contribution in [0.3, 0.4) is 0 Å². The third kappa shape index (κ3) is 3.11. The lowest BCUT2D eigenvalue weighted by Crippen LogP contribution is -2.49. The Hall–Kier alpha value is -2.63. The average Bonchev–Trinajstić information content (AvgIpc) is 3.05. The van der Waals surface area contributed by atoms with E-state index >= 15 is 0 Å². The fourth-order valence-corrected chi connectivity index (χ4v) is 4.78. The molecule has 2 aromatic rings. The molecule has 5 rings (SSSR count). The van der Waals surface area contributed by atoms with E-state index < -0.39 is 0 Å². The molecule has 1 amide bonds. The molecule has 1 aromatic heterocycles. The highest BCUT2D eigenvalue weighted by molar-refractivity contribution is 5.78. The maximum atomic E-state index is 12.3. The number of aryl methyl sites for hydroxylation is 1. The van der Waals surface area contributed by atoms with Crippen LogP contribution in [-0.2, 0) is 17.8 Å². The predicted octanol–water partition coefficient (Wildman–Crippen LogP) is 2.86. The molecular formula is C22H26N4O2. The number of fused-ring (bicyclic) bond motifs is 2.